The van der Waals surface area contributed by atoms with Gasteiger partial charge in [0.25, 0.3) is 0 Å². The van der Waals surface area contributed by atoms with Crippen molar-refractivity contribution in [2.45, 2.75) is 6.92 Å². The molecule has 0 saturated carbocycles. The number of hydrogen-bond donors (Lipinski definition) is 0. The van der Waals surface area contributed by atoms with E-state index >= 15 is 0 Å². The molecule has 4 nitrogen and oxygen atoms in total. The Bertz CT molecular complexity index is 371. The third kappa shape index (κ3) is 4.65. The molecule has 17 heavy (non-hydrogen) atoms. The predicted molar refractivity (Wildman–Crippen MR) is 72.2 cm³/mol. The Balaban J connectivity index is 2.59. The molecular weight excluding hydrogens is 306 g/mol. The summed E-state index contributed by atoms with van der Waals surface area (Å²) in [4.78, 5) is 0. The molecule has 1 unspecified atom stereocenters. The molecule has 0 saturated heterocycles. The van der Waals surface area contributed by atoms with Gasteiger partial charge in [-0.25, -0.2) is 0 Å². The standard InChI is InChI=1S/C11H16BrNO3S/c1-9(7-12)8-16-11-5-3-10(4-6-11)13(2)17(14)15/h3-6,9H,7-8H2,1-2H3,(H,14,15)/p-1/t9-/m1/s1. The first-order valence-corrected chi connectivity index (χ1v) is 7.32. The van der Waals surface area contributed by atoms with Gasteiger partial charge < -0.3 is 13.6 Å². The van der Waals surface area contributed by atoms with Gasteiger partial charge in [-0.3, -0.25) is 4.21 Å². The zero-order chi connectivity index (χ0) is 12.8. The summed E-state index contributed by atoms with van der Waals surface area (Å²) in [6.45, 7) is 2.71. The molecule has 0 heterocycles. The SMILES string of the molecule is C[C@H](CBr)COc1ccc(N(C)S(=O)[O-])cc1. The predicted octanol–water partition coefficient (Wildman–Crippen LogP) is 2.33. The topological polar surface area (TPSA) is 52.6 Å². The van der Waals surface area contributed by atoms with Gasteiger partial charge in [0, 0.05) is 29.3 Å². The van der Waals surface area contributed by atoms with Gasteiger partial charge >= 0.3 is 0 Å². The number of hydrogen-bond acceptors (Lipinski definition) is 3. The molecule has 0 aliphatic carbocycles. The number of ether oxygens (including phenoxy) is 1. The van der Waals surface area contributed by atoms with Crippen molar-refractivity contribution < 1.29 is 13.5 Å². The van der Waals surface area contributed by atoms with E-state index in [9.17, 15) is 8.76 Å². The summed E-state index contributed by atoms with van der Waals surface area (Å²) in [6.07, 6.45) is 0. The Labute approximate surface area is 113 Å². The van der Waals surface area contributed by atoms with Crippen molar-refractivity contribution in [3.8, 4) is 5.75 Å². The average molecular weight is 321 g/mol. The number of anilines is 1. The quantitative estimate of drug-likeness (QED) is 0.597. The van der Waals surface area contributed by atoms with Crippen LogP contribution in [0.1, 0.15) is 6.92 Å². The molecule has 0 spiro atoms. The van der Waals surface area contributed by atoms with E-state index in [4.69, 9.17) is 4.74 Å². The number of alkyl halides is 1. The molecule has 0 aliphatic rings. The van der Waals surface area contributed by atoms with Gasteiger partial charge in [0.2, 0.25) is 0 Å². The van der Waals surface area contributed by atoms with Crippen LogP contribution in [0.15, 0.2) is 24.3 Å². The lowest BCUT2D eigenvalue weighted by molar-refractivity contribution is 0.274. The van der Waals surface area contributed by atoms with Crippen LogP contribution < -0.4 is 9.04 Å². The van der Waals surface area contributed by atoms with E-state index in [0.29, 0.717) is 18.2 Å². The zero-order valence-electron chi connectivity index (χ0n) is 9.76. The van der Waals surface area contributed by atoms with E-state index in [-0.39, 0.29) is 0 Å². The molecule has 0 aliphatic heterocycles. The van der Waals surface area contributed by atoms with Crippen molar-refractivity contribution in [3.63, 3.8) is 0 Å². The summed E-state index contributed by atoms with van der Waals surface area (Å²) >= 11 is 1.14. The first-order chi connectivity index (χ1) is 8.04. The first kappa shape index (κ1) is 14.5. The van der Waals surface area contributed by atoms with E-state index in [1.165, 1.54) is 7.05 Å². The summed E-state index contributed by atoms with van der Waals surface area (Å²) in [7, 11) is 1.49. The monoisotopic (exact) mass is 320 g/mol. The van der Waals surface area contributed by atoms with Crippen molar-refractivity contribution in [2.24, 2.45) is 5.92 Å². The fraction of sp³-hybridized carbons (Fsp3) is 0.455. The lowest BCUT2D eigenvalue weighted by Gasteiger charge is -2.21. The highest BCUT2D eigenvalue weighted by molar-refractivity contribution is 9.09. The normalized spacial score (nSPS) is 14.1. The van der Waals surface area contributed by atoms with E-state index < -0.39 is 11.3 Å². The lowest BCUT2D eigenvalue weighted by atomic mass is 10.2. The van der Waals surface area contributed by atoms with Crippen LogP contribution >= 0.6 is 15.9 Å². The van der Waals surface area contributed by atoms with Crippen LogP contribution in [-0.2, 0) is 11.3 Å². The van der Waals surface area contributed by atoms with Crippen molar-refractivity contribution in [1.29, 1.82) is 0 Å². The Morgan fingerprint density at radius 1 is 1.47 bits per heavy atom. The van der Waals surface area contributed by atoms with Crippen molar-refractivity contribution in [1.82, 2.24) is 0 Å². The zero-order valence-corrected chi connectivity index (χ0v) is 12.2. The minimum Gasteiger partial charge on any atom is -0.755 e. The van der Waals surface area contributed by atoms with E-state index in [2.05, 4.69) is 22.9 Å². The largest absolute Gasteiger partial charge is 0.755 e. The van der Waals surface area contributed by atoms with Gasteiger partial charge in [-0.05, 0) is 30.2 Å². The Morgan fingerprint density at radius 2 is 2.06 bits per heavy atom. The Morgan fingerprint density at radius 3 is 2.53 bits per heavy atom. The summed E-state index contributed by atoms with van der Waals surface area (Å²) in [6, 6.07) is 6.95. The summed E-state index contributed by atoms with van der Waals surface area (Å²) in [5.41, 5.74) is 0.610. The molecule has 1 rings (SSSR count). The van der Waals surface area contributed by atoms with Crippen LogP contribution in [0, 0.1) is 5.92 Å². The van der Waals surface area contributed by atoms with Gasteiger partial charge in [0.15, 0.2) is 0 Å². The smallest absolute Gasteiger partial charge is 0.119 e. The summed E-state index contributed by atoms with van der Waals surface area (Å²) < 4.78 is 28.2. The maximum atomic E-state index is 10.7. The number of rotatable bonds is 6. The highest BCUT2D eigenvalue weighted by Crippen LogP contribution is 2.19. The summed E-state index contributed by atoms with van der Waals surface area (Å²) in [5, 5.41) is 0.892. The number of nitrogens with zero attached hydrogens (tertiary/aromatic N) is 1. The van der Waals surface area contributed by atoms with E-state index in [1.807, 2.05) is 0 Å². The lowest BCUT2D eigenvalue weighted by Crippen LogP contribution is -2.19. The third-order valence-electron chi connectivity index (χ3n) is 2.22. The molecule has 1 aromatic rings. The van der Waals surface area contributed by atoms with Crippen molar-refractivity contribution >= 4 is 32.9 Å². The van der Waals surface area contributed by atoms with Crippen molar-refractivity contribution in [2.75, 3.05) is 23.3 Å². The second-order valence-corrected chi connectivity index (χ2v) is 5.41. The van der Waals surface area contributed by atoms with Gasteiger partial charge in [0.1, 0.15) is 5.75 Å². The van der Waals surface area contributed by atoms with Gasteiger partial charge in [-0.1, -0.05) is 22.9 Å². The van der Waals surface area contributed by atoms with Crippen LogP contribution in [0.5, 0.6) is 5.75 Å². The first-order valence-electron chi connectivity index (χ1n) is 5.16. The highest BCUT2D eigenvalue weighted by Gasteiger charge is 2.03. The molecular formula is C11H15BrNO3S-. The molecule has 0 radical (unpaired) electrons. The van der Waals surface area contributed by atoms with Crippen LogP contribution in [0.4, 0.5) is 5.69 Å². The molecule has 0 bridgehead atoms. The summed E-state index contributed by atoms with van der Waals surface area (Å²) in [5.74, 6) is 1.18. The molecule has 0 aromatic heterocycles. The van der Waals surface area contributed by atoms with Crippen molar-refractivity contribution in [3.05, 3.63) is 24.3 Å². The van der Waals surface area contributed by atoms with Gasteiger partial charge in [0.05, 0.1) is 6.61 Å². The molecule has 6 heteroatoms. The third-order valence-corrected chi connectivity index (χ3v) is 3.99. The van der Waals surface area contributed by atoms with Gasteiger partial charge in [-0.15, -0.1) is 0 Å². The van der Waals surface area contributed by atoms with Crippen LogP contribution in [0.25, 0.3) is 0 Å². The fourth-order valence-electron chi connectivity index (χ4n) is 1.12. The van der Waals surface area contributed by atoms with Crippen LogP contribution in [0.2, 0.25) is 0 Å². The minimum atomic E-state index is -2.24. The maximum Gasteiger partial charge on any atom is 0.119 e. The molecule has 0 N–H and O–H groups in total. The molecule has 1 aromatic carbocycles. The highest BCUT2D eigenvalue weighted by atomic mass is 79.9. The molecule has 2 atom stereocenters. The molecule has 0 amide bonds. The fourth-order valence-corrected chi connectivity index (χ4v) is 1.60. The van der Waals surface area contributed by atoms with E-state index in [0.717, 1.165) is 15.4 Å². The minimum absolute atomic E-state index is 0.437. The second kappa shape index (κ2) is 6.98. The van der Waals surface area contributed by atoms with E-state index in [1.54, 1.807) is 24.3 Å². The van der Waals surface area contributed by atoms with Crippen LogP contribution in [0.3, 0.4) is 0 Å². The number of benzene rings is 1. The maximum absolute atomic E-state index is 10.7. The number of halogens is 1. The second-order valence-electron chi connectivity index (χ2n) is 3.78. The molecule has 0 fully saturated rings. The van der Waals surface area contributed by atoms with Gasteiger partial charge in [-0.2, -0.15) is 0 Å². The Kier molecular flexibility index (Phi) is 5.94. The molecule has 96 valence electrons. The average Bonchev–Trinajstić information content (AvgIpc) is 2.35. The van der Waals surface area contributed by atoms with Crippen LogP contribution in [-0.4, -0.2) is 27.7 Å². The Hall–Kier alpha value is -0.590.